The number of aliphatic imine (C=N–C) groups is 1. The van der Waals surface area contributed by atoms with Crippen LogP contribution in [0.2, 0.25) is 0 Å². The maximum Gasteiger partial charge on any atom is 0.191 e. The van der Waals surface area contributed by atoms with Crippen molar-refractivity contribution in [1.29, 1.82) is 0 Å². The first kappa shape index (κ1) is 12.9. The van der Waals surface area contributed by atoms with Crippen LogP contribution in [0.15, 0.2) is 4.99 Å². The molecule has 0 radical (unpaired) electrons. The third-order valence-electron chi connectivity index (χ3n) is 3.32. The van der Waals surface area contributed by atoms with E-state index in [-0.39, 0.29) is 0 Å². The van der Waals surface area contributed by atoms with Crippen LogP contribution in [0.5, 0.6) is 0 Å². The molecule has 1 aromatic heterocycles. The Kier molecular flexibility index (Phi) is 4.17. The van der Waals surface area contributed by atoms with E-state index in [4.69, 9.17) is 0 Å². The maximum absolute atomic E-state index is 4.21. The van der Waals surface area contributed by atoms with Crippen molar-refractivity contribution in [2.24, 2.45) is 4.99 Å². The van der Waals surface area contributed by atoms with E-state index in [9.17, 15) is 0 Å². The van der Waals surface area contributed by atoms with Gasteiger partial charge in [0.05, 0.1) is 6.54 Å². The minimum atomic E-state index is 0.417. The molecule has 0 bridgehead atoms. The Labute approximate surface area is 108 Å². The predicted molar refractivity (Wildman–Crippen MR) is 71.4 cm³/mol. The second-order valence-electron chi connectivity index (χ2n) is 4.67. The van der Waals surface area contributed by atoms with Gasteiger partial charge in [-0.15, -0.1) is 10.2 Å². The molecule has 0 saturated carbocycles. The highest BCUT2D eigenvalue weighted by Crippen LogP contribution is 2.13. The molecule has 0 fully saturated rings. The van der Waals surface area contributed by atoms with E-state index in [2.05, 4.69) is 44.2 Å². The third-order valence-corrected chi connectivity index (χ3v) is 3.32. The van der Waals surface area contributed by atoms with Gasteiger partial charge in [0.15, 0.2) is 11.8 Å². The van der Waals surface area contributed by atoms with Gasteiger partial charge in [-0.05, 0) is 19.8 Å². The second-order valence-corrected chi connectivity index (χ2v) is 4.67. The molecule has 0 aromatic carbocycles. The van der Waals surface area contributed by atoms with Gasteiger partial charge in [0.25, 0.3) is 0 Å². The quantitative estimate of drug-likeness (QED) is 0.609. The molecule has 0 spiro atoms. The van der Waals surface area contributed by atoms with E-state index >= 15 is 0 Å². The summed E-state index contributed by atoms with van der Waals surface area (Å²) in [4.78, 5) is 4.21. The molecule has 1 aromatic rings. The van der Waals surface area contributed by atoms with Gasteiger partial charge in [-0.25, -0.2) is 0 Å². The van der Waals surface area contributed by atoms with Crippen LogP contribution in [0.1, 0.15) is 38.3 Å². The summed E-state index contributed by atoms with van der Waals surface area (Å²) < 4.78 is 2.20. The molecule has 0 saturated heterocycles. The lowest BCUT2D eigenvalue weighted by Crippen LogP contribution is -2.41. The first-order chi connectivity index (χ1) is 8.74. The minimum Gasteiger partial charge on any atom is -0.354 e. The summed E-state index contributed by atoms with van der Waals surface area (Å²) in [5.41, 5.74) is 0. The molecule has 2 rings (SSSR count). The number of hydrogen-bond donors (Lipinski definition) is 2. The highest BCUT2D eigenvalue weighted by Gasteiger charge is 2.17. The highest BCUT2D eigenvalue weighted by molar-refractivity contribution is 5.79. The van der Waals surface area contributed by atoms with Crippen LogP contribution in [0.4, 0.5) is 0 Å². The van der Waals surface area contributed by atoms with Crippen LogP contribution < -0.4 is 10.6 Å². The summed E-state index contributed by atoms with van der Waals surface area (Å²) in [5, 5.41) is 15.0. The van der Waals surface area contributed by atoms with Crippen LogP contribution >= 0.6 is 0 Å². The van der Waals surface area contributed by atoms with Gasteiger partial charge in [-0.2, -0.15) is 0 Å². The lowest BCUT2D eigenvalue weighted by Gasteiger charge is -2.16. The standard InChI is InChI=1S/C12H22N6/c1-4-9(2)15-12(13-3)14-8-11-17-16-10-6-5-7-18(10)11/h9H,4-8H2,1-3H3,(H2,13,14,15). The zero-order valence-electron chi connectivity index (χ0n) is 11.4. The molecule has 100 valence electrons. The monoisotopic (exact) mass is 250 g/mol. The Hall–Kier alpha value is -1.59. The molecular weight excluding hydrogens is 228 g/mol. The van der Waals surface area contributed by atoms with Crippen LogP contribution in [0.3, 0.4) is 0 Å². The first-order valence-corrected chi connectivity index (χ1v) is 6.62. The van der Waals surface area contributed by atoms with Crippen molar-refractivity contribution >= 4 is 5.96 Å². The summed E-state index contributed by atoms with van der Waals surface area (Å²) in [6, 6.07) is 0.417. The normalized spacial score (nSPS) is 16.5. The van der Waals surface area contributed by atoms with Crippen molar-refractivity contribution in [2.45, 2.75) is 52.2 Å². The van der Waals surface area contributed by atoms with Gasteiger partial charge >= 0.3 is 0 Å². The van der Waals surface area contributed by atoms with Crippen LogP contribution in [-0.2, 0) is 19.5 Å². The number of rotatable bonds is 4. The fourth-order valence-electron chi connectivity index (χ4n) is 2.03. The van der Waals surface area contributed by atoms with E-state index in [0.29, 0.717) is 12.6 Å². The summed E-state index contributed by atoms with van der Waals surface area (Å²) in [5.74, 6) is 2.92. The van der Waals surface area contributed by atoms with Gasteiger partial charge in [-0.3, -0.25) is 4.99 Å². The molecule has 1 atom stereocenters. The minimum absolute atomic E-state index is 0.417. The average Bonchev–Trinajstić information content (AvgIpc) is 2.97. The fourth-order valence-corrected chi connectivity index (χ4v) is 2.03. The average molecular weight is 250 g/mol. The summed E-state index contributed by atoms with van der Waals surface area (Å²) in [6.07, 6.45) is 3.30. The molecule has 0 amide bonds. The lowest BCUT2D eigenvalue weighted by molar-refractivity contribution is 0.613. The lowest BCUT2D eigenvalue weighted by atomic mass is 10.3. The molecule has 18 heavy (non-hydrogen) atoms. The van der Waals surface area contributed by atoms with E-state index in [0.717, 1.165) is 37.0 Å². The number of nitrogens with one attached hydrogen (secondary N) is 2. The predicted octanol–water partition coefficient (Wildman–Crippen LogP) is 0.688. The van der Waals surface area contributed by atoms with Gasteiger partial charge < -0.3 is 15.2 Å². The Morgan fingerprint density at radius 3 is 3.06 bits per heavy atom. The molecule has 1 aliphatic heterocycles. The number of aromatic nitrogens is 3. The maximum atomic E-state index is 4.21. The molecular formula is C12H22N6. The number of fused-ring (bicyclic) bond motifs is 1. The molecule has 2 N–H and O–H groups in total. The molecule has 6 heteroatoms. The Morgan fingerprint density at radius 2 is 2.33 bits per heavy atom. The van der Waals surface area contributed by atoms with Crippen molar-refractivity contribution in [3.8, 4) is 0 Å². The van der Waals surface area contributed by atoms with Gasteiger partial charge in [0, 0.05) is 26.1 Å². The first-order valence-electron chi connectivity index (χ1n) is 6.62. The zero-order valence-corrected chi connectivity index (χ0v) is 11.4. The number of hydrogen-bond acceptors (Lipinski definition) is 3. The number of aryl methyl sites for hydroxylation is 1. The molecule has 1 unspecified atom stereocenters. The van der Waals surface area contributed by atoms with Crippen LogP contribution in [0.25, 0.3) is 0 Å². The van der Waals surface area contributed by atoms with Crippen molar-refractivity contribution in [3.63, 3.8) is 0 Å². The van der Waals surface area contributed by atoms with Gasteiger partial charge in [0.2, 0.25) is 0 Å². The van der Waals surface area contributed by atoms with Gasteiger partial charge in [0.1, 0.15) is 5.82 Å². The van der Waals surface area contributed by atoms with Crippen molar-refractivity contribution in [2.75, 3.05) is 7.05 Å². The molecule has 1 aliphatic rings. The summed E-state index contributed by atoms with van der Waals surface area (Å²) in [7, 11) is 1.78. The number of guanidine groups is 1. The fraction of sp³-hybridized carbons (Fsp3) is 0.750. The zero-order chi connectivity index (χ0) is 13.0. The van der Waals surface area contributed by atoms with E-state index in [1.165, 1.54) is 6.42 Å². The largest absolute Gasteiger partial charge is 0.354 e. The second kappa shape index (κ2) is 5.84. The molecule has 0 aliphatic carbocycles. The van der Waals surface area contributed by atoms with E-state index < -0.39 is 0 Å². The van der Waals surface area contributed by atoms with Crippen LogP contribution in [0, 0.1) is 0 Å². The van der Waals surface area contributed by atoms with Crippen molar-refractivity contribution < 1.29 is 0 Å². The smallest absolute Gasteiger partial charge is 0.191 e. The highest BCUT2D eigenvalue weighted by atomic mass is 15.3. The topological polar surface area (TPSA) is 67.1 Å². The SMILES string of the molecule is CCC(C)NC(=NC)NCc1nnc2n1CCC2. The summed E-state index contributed by atoms with van der Waals surface area (Å²) >= 11 is 0. The number of nitrogens with zero attached hydrogens (tertiary/aromatic N) is 4. The Bertz CT molecular complexity index is 422. The van der Waals surface area contributed by atoms with E-state index in [1.54, 1.807) is 7.05 Å². The Morgan fingerprint density at radius 1 is 1.50 bits per heavy atom. The third kappa shape index (κ3) is 2.80. The van der Waals surface area contributed by atoms with Crippen molar-refractivity contribution in [3.05, 3.63) is 11.6 Å². The van der Waals surface area contributed by atoms with Crippen molar-refractivity contribution in [1.82, 2.24) is 25.4 Å². The molecule has 2 heterocycles. The van der Waals surface area contributed by atoms with E-state index in [1.807, 2.05) is 0 Å². The van der Waals surface area contributed by atoms with Gasteiger partial charge in [-0.1, -0.05) is 6.92 Å². The van der Waals surface area contributed by atoms with Crippen LogP contribution in [-0.4, -0.2) is 33.8 Å². The summed E-state index contributed by atoms with van der Waals surface area (Å²) in [6.45, 7) is 6.00. The molecule has 6 nitrogen and oxygen atoms in total. The Balaban J connectivity index is 1.90.